The van der Waals surface area contributed by atoms with E-state index in [9.17, 15) is 19.2 Å². The van der Waals surface area contributed by atoms with Gasteiger partial charge in [-0.3, -0.25) is 19.2 Å². The van der Waals surface area contributed by atoms with Gasteiger partial charge >= 0.3 is 11.9 Å². The summed E-state index contributed by atoms with van der Waals surface area (Å²) in [5.74, 6) is -1.16. The van der Waals surface area contributed by atoms with Gasteiger partial charge in [0, 0.05) is 54.8 Å². The Hall–Kier alpha value is -3.66. The molecule has 1 unspecified atom stereocenters. The lowest BCUT2D eigenvalue weighted by Crippen LogP contribution is -2.35. The highest BCUT2D eigenvalue weighted by Gasteiger charge is 2.35. The van der Waals surface area contributed by atoms with Crippen LogP contribution in [0.2, 0.25) is 0 Å². The average molecular weight is 581 g/mol. The Morgan fingerprint density at radius 3 is 2.45 bits per heavy atom. The van der Waals surface area contributed by atoms with Crippen molar-refractivity contribution < 1.29 is 28.7 Å². The largest absolute Gasteiger partial charge is 0.462 e. The molecule has 1 saturated carbocycles. The van der Waals surface area contributed by atoms with E-state index in [0.717, 1.165) is 41.8 Å². The lowest BCUT2D eigenvalue weighted by molar-refractivity contribution is -0.158. The highest BCUT2D eigenvalue weighted by Crippen LogP contribution is 2.38. The van der Waals surface area contributed by atoms with Gasteiger partial charge in [0.2, 0.25) is 0 Å². The first-order valence-electron chi connectivity index (χ1n) is 14.7. The topological polar surface area (TPSA) is 133 Å². The number of amides is 1. The predicted molar refractivity (Wildman–Crippen MR) is 160 cm³/mol. The molecule has 0 saturated heterocycles. The number of nitrogens with two attached hydrogens (primary N) is 1. The number of Topliss-reactive ketones (excluding diaryl/α,β-unsaturated/α-hetero) is 1. The number of benzene rings is 1. The molecule has 1 amide bonds. The molecule has 0 bridgehead atoms. The molecule has 0 radical (unpaired) electrons. The van der Waals surface area contributed by atoms with E-state index < -0.39 is 18.0 Å². The van der Waals surface area contributed by atoms with E-state index in [1.54, 1.807) is 6.07 Å². The van der Waals surface area contributed by atoms with Gasteiger partial charge in [-0.15, -0.1) is 0 Å². The molecule has 42 heavy (non-hydrogen) atoms. The van der Waals surface area contributed by atoms with E-state index in [1.165, 1.54) is 6.92 Å². The number of esters is 2. The Bertz CT molecular complexity index is 1350. The Balaban J connectivity index is 1.43. The van der Waals surface area contributed by atoms with Crippen molar-refractivity contribution in [2.45, 2.75) is 90.9 Å². The van der Waals surface area contributed by atoms with Crippen molar-refractivity contribution in [3.8, 4) is 5.69 Å². The summed E-state index contributed by atoms with van der Waals surface area (Å²) in [4.78, 5) is 51.1. The number of ether oxygens (including phenoxy) is 2. The zero-order chi connectivity index (χ0) is 30.8. The molecule has 1 fully saturated rings. The van der Waals surface area contributed by atoms with Crippen molar-refractivity contribution in [1.82, 2.24) is 9.47 Å². The fourth-order valence-electron chi connectivity index (χ4n) is 6.27. The normalized spacial score (nSPS) is 20.5. The minimum atomic E-state index is -0.554. The number of ketones is 1. The molecule has 2 aromatic rings. The number of hydrogen-bond donors (Lipinski definition) is 2. The average Bonchev–Trinajstić information content (AvgIpc) is 3.19. The van der Waals surface area contributed by atoms with Crippen LogP contribution >= 0.6 is 0 Å². The van der Waals surface area contributed by atoms with Crippen LogP contribution in [0, 0.1) is 12.3 Å². The Morgan fingerprint density at radius 2 is 1.83 bits per heavy atom. The van der Waals surface area contributed by atoms with Gasteiger partial charge in [0.25, 0.3) is 5.91 Å². The van der Waals surface area contributed by atoms with Crippen LogP contribution in [0.15, 0.2) is 24.4 Å². The third kappa shape index (κ3) is 7.59. The summed E-state index contributed by atoms with van der Waals surface area (Å²) in [5.41, 5.74) is 10.3. The number of fused-ring (bicyclic) bond motifs is 1. The lowest BCUT2D eigenvalue weighted by Gasteiger charge is -2.31. The number of hydrogen-bond acceptors (Lipinski definition) is 8. The summed E-state index contributed by atoms with van der Waals surface area (Å²) in [7, 11) is 3.70. The van der Waals surface area contributed by atoms with Crippen molar-refractivity contribution in [2.75, 3.05) is 26.0 Å². The van der Waals surface area contributed by atoms with Gasteiger partial charge in [-0.2, -0.15) is 0 Å². The Kier molecular flexibility index (Phi) is 9.45. The number of aryl methyl sites for hydroxylation is 1. The van der Waals surface area contributed by atoms with E-state index in [-0.39, 0.29) is 35.7 Å². The molecule has 3 N–H and O–H groups in total. The maximum absolute atomic E-state index is 12.9. The van der Waals surface area contributed by atoms with E-state index in [4.69, 9.17) is 15.2 Å². The minimum Gasteiger partial charge on any atom is -0.462 e. The summed E-state index contributed by atoms with van der Waals surface area (Å²) in [6.07, 6.45) is 5.36. The van der Waals surface area contributed by atoms with Crippen LogP contribution in [-0.4, -0.2) is 72.0 Å². The van der Waals surface area contributed by atoms with E-state index in [1.807, 2.05) is 44.2 Å². The molecule has 1 atom stereocenters. The second-order valence-electron chi connectivity index (χ2n) is 12.8. The molecule has 10 heteroatoms. The summed E-state index contributed by atoms with van der Waals surface area (Å²) < 4.78 is 13.1. The summed E-state index contributed by atoms with van der Waals surface area (Å²) >= 11 is 0. The summed E-state index contributed by atoms with van der Waals surface area (Å²) in [6.45, 7) is 7.95. The number of nitrogens with zero attached hydrogens (tertiary/aromatic N) is 2. The van der Waals surface area contributed by atoms with Crippen LogP contribution < -0.4 is 11.1 Å². The van der Waals surface area contributed by atoms with Crippen molar-refractivity contribution in [3.63, 3.8) is 0 Å². The summed E-state index contributed by atoms with van der Waals surface area (Å²) in [5, 5.41) is 3.52. The zero-order valence-electron chi connectivity index (χ0n) is 25.6. The fraction of sp³-hybridized carbons (Fsp3) is 0.562. The number of carbonyl (C=O) groups is 4. The second kappa shape index (κ2) is 12.7. The minimum absolute atomic E-state index is 0.00997. The van der Waals surface area contributed by atoms with Crippen molar-refractivity contribution in [1.29, 1.82) is 0 Å². The monoisotopic (exact) mass is 580 g/mol. The van der Waals surface area contributed by atoms with Crippen molar-refractivity contribution >= 4 is 29.3 Å². The smallest absolute Gasteiger partial charge is 0.309 e. The molecule has 0 aliphatic heterocycles. The van der Waals surface area contributed by atoms with Crippen LogP contribution in [0.1, 0.15) is 91.3 Å². The van der Waals surface area contributed by atoms with Crippen LogP contribution in [-0.2, 0) is 25.5 Å². The maximum Gasteiger partial charge on any atom is 0.309 e. The number of carbonyl (C=O) groups excluding carboxylic acids is 4. The van der Waals surface area contributed by atoms with Gasteiger partial charge in [-0.05, 0) is 82.3 Å². The number of likely N-dealkylation sites (N-methyl/N-ethyl adjacent to an activating group) is 1. The number of primary amides is 1. The molecule has 228 valence electrons. The number of anilines is 1. The molecule has 1 heterocycles. The number of nitrogens with one attached hydrogen (secondary N) is 1. The van der Waals surface area contributed by atoms with E-state index in [0.29, 0.717) is 37.1 Å². The molecule has 0 spiro atoms. The van der Waals surface area contributed by atoms with Gasteiger partial charge in [0.1, 0.15) is 12.2 Å². The maximum atomic E-state index is 12.9. The van der Waals surface area contributed by atoms with Gasteiger partial charge in [-0.25, -0.2) is 0 Å². The molecule has 10 nitrogen and oxygen atoms in total. The highest BCUT2D eigenvalue weighted by molar-refractivity contribution is 6.01. The SMILES string of the molecule is CC(=O)OC(CC(=O)O[C@H]1CC[C@H](Nc2cc(-n3cc(C)c4c3CC(C)(C)CC4=O)ccc2C(N)=O)CC1)CN(C)C. The van der Waals surface area contributed by atoms with Crippen molar-refractivity contribution in [3.05, 3.63) is 46.8 Å². The van der Waals surface area contributed by atoms with Gasteiger partial charge in [-0.1, -0.05) is 13.8 Å². The molecular formula is C32H44N4O6. The highest BCUT2D eigenvalue weighted by atomic mass is 16.6. The van der Waals surface area contributed by atoms with Crippen LogP contribution in [0.25, 0.3) is 5.69 Å². The second-order valence-corrected chi connectivity index (χ2v) is 12.8. The Labute approximate surface area is 247 Å². The molecule has 2 aliphatic carbocycles. The first-order chi connectivity index (χ1) is 19.7. The van der Waals surface area contributed by atoms with Crippen LogP contribution in [0.4, 0.5) is 5.69 Å². The quantitative estimate of drug-likeness (QED) is 0.400. The van der Waals surface area contributed by atoms with Gasteiger partial charge in [0.05, 0.1) is 12.0 Å². The predicted octanol–water partition coefficient (Wildman–Crippen LogP) is 4.19. The van der Waals surface area contributed by atoms with Gasteiger partial charge < -0.3 is 30.0 Å². The molecule has 1 aromatic heterocycles. The first kappa shape index (κ1) is 31.3. The lowest BCUT2D eigenvalue weighted by atomic mass is 9.75. The Morgan fingerprint density at radius 1 is 1.14 bits per heavy atom. The third-order valence-corrected chi connectivity index (χ3v) is 8.03. The molecule has 4 rings (SSSR count). The van der Waals surface area contributed by atoms with E-state index in [2.05, 4.69) is 23.7 Å². The van der Waals surface area contributed by atoms with Crippen LogP contribution in [0.5, 0.6) is 0 Å². The zero-order valence-corrected chi connectivity index (χ0v) is 25.6. The molecule has 2 aliphatic rings. The summed E-state index contributed by atoms with van der Waals surface area (Å²) in [6, 6.07) is 5.60. The standard InChI is InChI=1S/C32H44N4O6/c1-19-17-36(27-15-32(3,4)16-28(38)30(19)27)22-9-12-25(31(33)40)26(13-22)34-21-7-10-23(11-8-21)42-29(39)14-24(18-35(5)6)41-20(2)37/h9,12-13,17,21,23-24,34H,7-8,10-11,14-16,18H2,1-6H3,(H2,33,40)/t21-,23-,24?. The number of rotatable bonds is 10. The third-order valence-electron chi connectivity index (χ3n) is 8.03. The van der Waals surface area contributed by atoms with Crippen molar-refractivity contribution in [2.24, 2.45) is 11.1 Å². The first-order valence-corrected chi connectivity index (χ1v) is 14.7. The number of aromatic nitrogens is 1. The molecular weight excluding hydrogens is 536 g/mol. The fourth-order valence-corrected chi connectivity index (χ4v) is 6.27. The van der Waals surface area contributed by atoms with Crippen LogP contribution in [0.3, 0.4) is 0 Å². The van der Waals surface area contributed by atoms with E-state index >= 15 is 0 Å². The van der Waals surface area contributed by atoms with Gasteiger partial charge in [0.15, 0.2) is 5.78 Å². The molecule has 1 aromatic carbocycles.